The lowest BCUT2D eigenvalue weighted by atomic mass is 10.2. The SMILES string of the molecule is CSCC(C)NC(=O)c1cncc(O)c1. The minimum Gasteiger partial charge on any atom is -0.506 e. The highest BCUT2D eigenvalue weighted by Crippen LogP contribution is 2.08. The van der Waals surface area contributed by atoms with Gasteiger partial charge in [-0.25, -0.2) is 0 Å². The van der Waals surface area contributed by atoms with E-state index in [-0.39, 0.29) is 17.7 Å². The van der Waals surface area contributed by atoms with Crippen molar-refractivity contribution in [2.75, 3.05) is 12.0 Å². The van der Waals surface area contributed by atoms with Crippen LogP contribution in [0.1, 0.15) is 17.3 Å². The fourth-order valence-corrected chi connectivity index (χ4v) is 1.73. The van der Waals surface area contributed by atoms with Crippen LogP contribution < -0.4 is 5.32 Å². The Labute approximate surface area is 93.1 Å². The van der Waals surface area contributed by atoms with E-state index in [0.29, 0.717) is 5.56 Å². The van der Waals surface area contributed by atoms with Gasteiger partial charge in [0.1, 0.15) is 5.75 Å². The highest BCUT2D eigenvalue weighted by Gasteiger charge is 2.09. The third-order valence-electron chi connectivity index (χ3n) is 1.78. The first-order chi connectivity index (χ1) is 7.13. The normalized spacial score (nSPS) is 12.1. The van der Waals surface area contributed by atoms with Gasteiger partial charge in [0.25, 0.3) is 5.91 Å². The number of carbonyl (C=O) groups excluding carboxylic acids is 1. The molecule has 2 N–H and O–H groups in total. The van der Waals surface area contributed by atoms with Crippen molar-refractivity contribution in [2.24, 2.45) is 0 Å². The number of thioether (sulfide) groups is 1. The standard InChI is InChI=1S/C10H14N2O2S/c1-7(6-15-2)12-10(14)8-3-9(13)5-11-4-8/h3-5,7,13H,6H2,1-2H3,(H,12,14). The van der Waals surface area contributed by atoms with E-state index in [2.05, 4.69) is 10.3 Å². The average molecular weight is 226 g/mol. The Morgan fingerprint density at radius 3 is 3.00 bits per heavy atom. The summed E-state index contributed by atoms with van der Waals surface area (Å²) in [5.74, 6) is 0.651. The van der Waals surface area contributed by atoms with E-state index in [4.69, 9.17) is 5.11 Å². The molecule has 82 valence electrons. The highest BCUT2D eigenvalue weighted by atomic mass is 32.2. The summed E-state index contributed by atoms with van der Waals surface area (Å²) in [6, 6.07) is 1.50. The second kappa shape index (κ2) is 5.60. The molecule has 1 aromatic heterocycles. The van der Waals surface area contributed by atoms with Gasteiger partial charge in [-0.3, -0.25) is 9.78 Å². The Bertz CT molecular complexity index is 344. The summed E-state index contributed by atoms with van der Waals surface area (Å²) in [4.78, 5) is 15.4. The van der Waals surface area contributed by atoms with Crippen molar-refractivity contribution in [1.29, 1.82) is 0 Å². The summed E-state index contributed by atoms with van der Waals surface area (Å²) in [7, 11) is 0. The van der Waals surface area contributed by atoms with Crippen LogP contribution in [0.2, 0.25) is 0 Å². The molecule has 4 nitrogen and oxygen atoms in total. The van der Waals surface area contributed by atoms with E-state index in [9.17, 15) is 4.79 Å². The van der Waals surface area contributed by atoms with E-state index < -0.39 is 0 Å². The Hall–Kier alpha value is -1.23. The molecule has 0 aliphatic heterocycles. The monoisotopic (exact) mass is 226 g/mol. The molecular formula is C10H14N2O2S. The van der Waals surface area contributed by atoms with Gasteiger partial charge in [0.2, 0.25) is 0 Å². The molecule has 1 aromatic rings. The predicted molar refractivity (Wildman–Crippen MR) is 61.2 cm³/mol. The van der Waals surface area contributed by atoms with Crippen LogP contribution in [0, 0.1) is 0 Å². The van der Waals surface area contributed by atoms with Crippen LogP contribution in [0.5, 0.6) is 5.75 Å². The van der Waals surface area contributed by atoms with Gasteiger partial charge in [0.05, 0.1) is 11.8 Å². The van der Waals surface area contributed by atoms with Crippen molar-refractivity contribution >= 4 is 17.7 Å². The molecule has 15 heavy (non-hydrogen) atoms. The molecule has 0 radical (unpaired) electrons. The third kappa shape index (κ3) is 3.79. The molecule has 1 atom stereocenters. The van der Waals surface area contributed by atoms with Crippen molar-refractivity contribution in [1.82, 2.24) is 10.3 Å². The topological polar surface area (TPSA) is 62.2 Å². The fraction of sp³-hybridized carbons (Fsp3) is 0.400. The first-order valence-corrected chi connectivity index (χ1v) is 5.96. The number of nitrogens with one attached hydrogen (secondary N) is 1. The maximum absolute atomic E-state index is 11.6. The maximum Gasteiger partial charge on any atom is 0.253 e. The average Bonchev–Trinajstić information content (AvgIpc) is 2.18. The molecule has 1 amide bonds. The number of pyridine rings is 1. The molecule has 1 unspecified atom stereocenters. The van der Waals surface area contributed by atoms with Crippen LogP contribution in [0.3, 0.4) is 0 Å². The number of rotatable bonds is 4. The molecule has 0 saturated heterocycles. The third-order valence-corrected chi connectivity index (χ3v) is 2.61. The predicted octanol–water partition coefficient (Wildman–Crippen LogP) is 1.27. The molecule has 0 aliphatic rings. The number of aromatic nitrogens is 1. The van der Waals surface area contributed by atoms with Crippen molar-refractivity contribution in [3.63, 3.8) is 0 Å². The first-order valence-electron chi connectivity index (χ1n) is 4.57. The Kier molecular flexibility index (Phi) is 4.42. The summed E-state index contributed by atoms with van der Waals surface area (Å²) in [6.07, 6.45) is 4.71. The smallest absolute Gasteiger partial charge is 0.253 e. The molecule has 0 aliphatic carbocycles. The number of amides is 1. The van der Waals surface area contributed by atoms with Gasteiger partial charge < -0.3 is 10.4 Å². The molecule has 0 bridgehead atoms. The highest BCUT2D eigenvalue weighted by molar-refractivity contribution is 7.98. The molecule has 0 spiro atoms. The van der Waals surface area contributed by atoms with Gasteiger partial charge in [0.15, 0.2) is 0 Å². The van der Waals surface area contributed by atoms with E-state index in [1.807, 2.05) is 13.2 Å². The summed E-state index contributed by atoms with van der Waals surface area (Å²) in [6.45, 7) is 1.94. The van der Waals surface area contributed by atoms with Crippen LogP contribution in [0.25, 0.3) is 0 Å². The number of hydrogen-bond acceptors (Lipinski definition) is 4. The van der Waals surface area contributed by atoms with Crippen LogP contribution in [0.4, 0.5) is 0 Å². The zero-order valence-corrected chi connectivity index (χ0v) is 9.54. The maximum atomic E-state index is 11.6. The van der Waals surface area contributed by atoms with Gasteiger partial charge in [-0.15, -0.1) is 0 Å². The van der Waals surface area contributed by atoms with Crippen LogP contribution in [-0.4, -0.2) is 34.0 Å². The molecule has 1 heterocycles. The van der Waals surface area contributed by atoms with Gasteiger partial charge in [-0.05, 0) is 19.2 Å². The van der Waals surface area contributed by atoms with Crippen molar-refractivity contribution in [3.05, 3.63) is 24.0 Å². The van der Waals surface area contributed by atoms with Gasteiger partial charge in [-0.1, -0.05) is 0 Å². The molecule has 0 aromatic carbocycles. The van der Waals surface area contributed by atoms with Crippen molar-refractivity contribution < 1.29 is 9.90 Å². The van der Waals surface area contributed by atoms with E-state index in [1.54, 1.807) is 11.8 Å². The number of carbonyl (C=O) groups is 1. The summed E-state index contributed by atoms with van der Waals surface area (Å²) in [5, 5.41) is 12.0. The summed E-state index contributed by atoms with van der Waals surface area (Å²) < 4.78 is 0. The minimum atomic E-state index is -0.208. The molecule has 0 saturated carbocycles. The van der Waals surface area contributed by atoms with Crippen LogP contribution >= 0.6 is 11.8 Å². The number of nitrogens with zero attached hydrogens (tertiary/aromatic N) is 1. The largest absolute Gasteiger partial charge is 0.506 e. The Morgan fingerprint density at radius 2 is 2.40 bits per heavy atom. The first kappa shape index (κ1) is 11.8. The lowest BCUT2D eigenvalue weighted by Crippen LogP contribution is -2.34. The van der Waals surface area contributed by atoms with Gasteiger partial charge >= 0.3 is 0 Å². The van der Waals surface area contributed by atoms with Crippen LogP contribution in [0.15, 0.2) is 18.5 Å². The summed E-state index contributed by atoms with van der Waals surface area (Å²) >= 11 is 1.67. The van der Waals surface area contributed by atoms with Gasteiger partial charge in [0, 0.05) is 18.0 Å². The minimum absolute atomic E-state index is 0.000157. The number of hydrogen-bond donors (Lipinski definition) is 2. The zero-order chi connectivity index (χ0) is 11.3. The Morgan fingerprint density at radius 1 is 1.67 bits per heavy atom. The molecule has 1 rings (SSSR count). The van der Waals surface area contributed by atoms with E-state index in [1.165, 1.54) is 18.5 Å². The number of aromatic hydroxyl groups is 1. The molecule has 5 heteroatoms. The molecule has 0 fully saturated rings. The molecular weight excluding hydrogens is 212 g/mol. The van der Waals surface area contributed by atoms with Crippen LogP contribution in [-0.2, 0) is 0 Å². The van der Waals surface area contributed by atoms with E-state index in [0.717, 1.165) is 5.75 Å². The fourth-order valence-electron chi connectivity index (χ4n) is 1.15. The Balaban J connectivity index is 2.61. The lowest BCUT2D eigenvalue weighted by Gasteiger charge is -2.12. The zero-order valence-electron chi connectivity index (χ0n) is 8.73. The van der Waals surface area contributed by atoms with Crippen molar-refractivity contribution in [3.8, 4) is 5.75 Å². The van der Waals surface area contributed by atoms with Gasteiger partial charge in [-0.2, -0.15) is 11.8 Å². The second-order valence-electron chi connectivity index (χ2n) is 3.26. The quantitative estimate of drug-likeness (QED) is 0.811. The van der Waals surface area contributed by atoms with Crippen molar-refractivity contribution in [2.45, 2.75) is 13.0 Å². The second-order valence-corrected chi connectivity index (χ2v) is 4.17. The summed E-state index contributed by atoms with van der Waals surface area (Å²) in [5.41, 5.74) is 0.378. The lowest BCUT2D eigenvalue weighted by molar-refractivity contribution is 0.0943. The van der Waals surface area contributed by atoms with E-state index >= 15 is 0 Å².